The fourth-order valence-electron chi connectivity index (χ4n) is 2.35. The van der Waals surface area contributed by atoms with Crippen molar-refractivity contribution in [2.24, 2.45) is 0 Å². The number of aryl methyl sites for hydroxylation is 1. The van der Waals surface area contributed by atoms with Gasteiger partial charge in [-0.15, -0.1) is 13.2 Å². The van der Waals surface area contributed by atoms with Gasteiger partial charge >= 0.3 is 6.36 Å². The summed E-state index contributed by atoms with van der Waals surface area (Å²) in [6, 6.07) is 9.32. The number of amides is 1. The van der Waals surface area contributed by atoms with Crippen LogP contribution in [0.1, 0.15) is 25.8 Å². The van der Waals surface area contributed by atoms with Gasteiger partial charge in [0.25, 0.3) is 0 Å². The minimum Gasteiger partial charge on any atom is -0.489 e. The fraction of sp³-hybridized carbons (Fsp3) is 0.316. The zero-order valence-corrected chi connectivity index (χ0v) is 14.8. The molecule has 4 nitrogen and oxygen atoms in total. The van der Waals surface area contributed by atoms with Crippen molar-refractivity contribution >= 4 is 11.6 Å². The SMILES string of the molecule is CC(C)Oc1ccc(F)cc1NC(=O)CCc1ccccc1OC(F)(F)F. The van der Waals surface area contributed by atoms with Gasteiger partial charge in [-0.05, 0) is 44.0 Å². The summed E-state index contributed by atoms with van der Waals surface area (Å²) in [6.07, 6.45) is -5.09. The molecule has 0 aromatic heterocycles. The molecule has 0 aliphatic rings. The predicted molar refractivity (Wildman–Crippen MR) is 92.2 cm³/mol. The minimum absolute atomic E-state index is 0.0216. The summed E-state index contributed by atoms with van der Waals surface area (Å²) in [5, 5.41) is 2.53. The highest BCUT2D eigenvalue weighted by Crippen LogP contribution is 2.28. The molecular weight excluding hydrogens is 366 g/mol. The normalized spacial score (nSPS) is 11.4. The van der Waals surface area contributed by atoms with Crippen LogP contribution >= 0.6 is 0 Å². The average molecular weight is 385 g/mol. The molecule has 0 bridgehead atoms. The molecular formula is C19H19F4NO3. The predicted octanol–water partition coefficient (Wildman–Crippen LogP) is 5.08. The van der Waals surface area contributed by atoms with E-state index in [0.717, 1.165) is 6.07 Å². The highest BCUT2D eigenvalue weighted by molar-refractivity contribution is 5.92. The molecule has 1 amide bonds. The van der Waals surface area contributed by atoms with Gasteiger partial charge in [0.2, 0.25) is 5.91 Å². The van der Waals surface area contributed by atoms with Crippen molar-refractivity contribution in [3.63, 3.8) is 0 Å². The third kappa shape index (κ3) is 6.80. The Morgan fingerprint density at radius 1 is 1.11 bits per heavy atom. The van der Waals surface area contributed by atoms with Crippen molar-refractivity contribution in [2.45, 2.75) is 39.2 Å². The van der Waals surface area contributed by atoms with Crippen LogP contribution in [0.2, 0.25) is 0 Å². The maximum absolute atomic E-state index is 13.5. The third-order valence-electron chi connectivity index (χ3n) is 3.40. The fourth-order valence-corrected chi connectivity index (χ4v) is 2.35. The van der Waals surface area contributed by atoms with Crippen LogP contribution in [0.3, 0.4) is 0 Å². The molecule has 0 saturated carbocycles. The van der Waals surface area contributed by atoms with E-state index >= 15 is 0 Å². The quantitative estimate of drug-likeness (QED) is 0.676. The second kappa shape index (κ2) is 8.75. The Bertz CT molecular complexity index is 791. The minimum atomic E-state index is -4.82. The number of halogens is 4. The number of nitrogens with one attached hydrogen (secondary N) is 1. The Balaban J connectivity index is 2.05. The Kier molecular flexibility index (Phi) is 6.65. The number of hydrogen-bond donors (Lipinski definition) is 1. The molecule has 146 valence electrons. The smallest absolute Gasteiger partial charge is 0.489 e. The molecule has 0 saturated heterocycles. The molecule has 2 aromatic carbocycles. The van der Waals surface area contributed by atoms with Gasteiger partial charge in [-0.25, -0.2) is 4.39 Å². The Morgan fingerprint density at radius 3 is 2.48 bits per heavy atom. The molecule has 2 aromatic rings. The maximum atomic E-state index is 13.5. The van der Waals surface area contributed by atoms with Gasteiger partial charge in [0, 0.05) is 12.5 Å². The Hall–Kier alpha value is -2.77. The number of rotatable bonds is 7. The summed E-state index contributed by atoms with van der Waals surface area (Å²) in [7, 11) is 0. The number of ether oxygens (including phenoxy) is 2. The van der Waals surface area contributed by atoms with E-state index in [1.165, 1.54) is 30.3 Å². The summed E-state index contributed by atoms with van der Waals surface area (Å²) >= 11 is 0. The highest BCUT2D eigenvalue weighted by atomic mass is 19.4. The van der Waals surface area contributed by atoms with E-state index in [-0.39, 0.29) is 35.9 Å². The van der Waals surface area contributed by atoms with Gasteiger partial charge in [-0.2, -0.15) is 0 Å². The first-order chi connectivity index (χ1) is 12.6. The summed E-state index contributed by atoms with van der Waals surface area (Å²) in [5.41, 5.74) is 0.399. The van der Waals surface area contributed by atoms with Gasteiger partial charge in [0.15, 0.2) is 0 Å². The summed E-state index contributed by atoms with van der Waals surface area (Å²) in [5.74, 6) is -1.09. The van der Waals surface area contributed by atoms with Crippen LogP contribution in [0.25, 0.3) is 0 Å². The Morgan fingerprint density at radius 2 is 1.81 bits per heavy atom. The molecule has 0 aliphatic carbocycles. The van der Waals surface area contributed by atoms with Gasteiger partial charge < -0.3 is 14.8 Å². The average Bonchev–Trinajstić information content (AvgIpc) is 2.55. The number of carbonyl (C=O) groups excluding carboxylic acids is 1. The third-order valence-corrected chi connectivity index (χ3v) is 3.40. The van der Waals surface area contributed by atoms with Crippen LogP contribution in [0.4, 0.5) is 23.2 Å². The van der Waals surface area contributed by atoms with E-state index in [1.54, 1.807) is 19.9 Å². The monoisotopic (exact) mass is 385 g/mol. The van der Waals surface area contributed by atoms with Gasteiger partial charge in [-0.1, -0.05) is 18.2 Å². The number of para-hydroxylation sites is 1. The largest absolute Gasteiger partial charge is 0.573 e. The zero-order chi connectivity index (χ0) is 20.0. The highest BCUT2D eigenvalue weighted by Gasteiger charge is 2.32. The van der Waals surface area contributed by atoms with E-state index in [0.29, 0.717) is 5.75 Å². The number of anilines is 1. The van der Waals surface area contributed by atoms with Crippen molar-refractivity contribution in [2.75, 3.05) is 5.32 Å². The second-order valence-electron chi connectivity index (χ2n) is 6.01. The first kappa shape index (κ1) is 20.5. The van der Waals surface area contributed by atoms with Crippen molar-refractivity contribution in [3.05, 3.63) is 53.8 Å². The maximum Gasteiger partial charge on any atom is 0.573 e. The topological polar surface area (TPSA) is 47.6 Å². The molecule has 0 heterocycles. The second-order valence-corrected chi connectivity index (χ2v) is 6.01. The molecule has 0 spiro atoms. The van der Waals surface area contributed by atoms with Crippen molar-refractivity contribution in [3.8, 4) is 11.5 Å². The van der Waals surface area contributed by atoms with E-state index in [4.69, 9.17) is 4.74 Å². The summed E-state index contributed by atoms with van der Waals surface area (Å²) in [4.78, 5) is 12.2. The van der Waals surface area contributed by atoms with Crippen molar-refractivity contribution < 1.29 is 31.8 Å². The van der Waals surface area contributed by atoms with E-state index in [9.17, 15) is 22.4 Å². The van der Waals surface area contributed by atoms with Crippen LogP contribution < -0.4 is 14.8 Å². The molecule has 27 heavy (non-hydrogen) atoms. The summed E-state index contributed by atoms with van der Waals surface area (Å²) in [6.45, 7) is 3.57. The number of carbonyl (C=O) groups is 1. The van der Waals surface area contributed by atoms with Crippen molar-refractivity contribution in [1.82, 2.24) is 0 Å². The number of hydrogen-bond acceptors (Lipinski definition) is 3. The first-order valence-electron chi connectivity index (χ1n) is 8.24. The Labute approximate surface area is 154 Å². The van der Waals surface area contributed by atoms with Gasteiger partial charge in [0.05, 0.1) is 11.8 Å². The van der Waals surface area contributed by atoms with Crippen LogP contribution in [-0.2, 0) is 11.2 Å². The molecule has 2 rings (SSSR count). The molecule has 8 heteroatoms. The van der Waals surface area contributed by atoms with Crippen LogP contribution in [0, 0.1) is 5.82 Å². The van der Waals surface area contributed by atoms with Gasteiger partial charge in [-0.3, -0.25) is 4.79 Å². The van der Waals surface area contributed by atoms with Crippen LogP contribution in [0.5, 0.6) is 11.5 Å². The van der Waals surface area contributed by atoms with E-state index in [2.05, 4.69) is 10.1 Å². The molecule has 0 atom stereocenters. The molecule has 0 aliphatic heterocycles. The molecule has 0 fully saturated rings. The molecule has 0 radical (unpaired) electrons. The lowest BCUT2D eigenvalue weighted by molar-refractivity contribution is -0.274. The molecule has 1 N–H and O–H groups in total. The van der Waals surface area contributed by atoms with E-state index < -0.39 is 18.1 Å². The number of benzene rings is 2. The van der Waals surface area contributed by atoms with Crippen molar-refractivity contribution in [1.29, 1.82) is 0 Å². The van der Waals surface area contributed by atoms with E-state index in [1.807, 2.05) is 0 Å². The van der Waals surface area contributed by atoms with Crippen LogP contribution in [0.15, 0.2) is 42.5 Å². The lowest BCUT2D eigenvalue weighted by atomic mass is 10.1. The zero-order valence-electron chi connectivity index (χ0n) is 14.8. The van der Waals surface area contributed by atoms with Gasteiger partial charge in [0.1, 0.15) is 17.3 Å². The standard InChI is InChI=1S/C19H19F4NO3/c1-12(2)26-17-9-8-14(20)11-15(17)24-18(25)10-7-13-5-3-4-6-16(13)27-19(21,22)23/h3-6,8-9,11-12H,7,10H2,1-2H3,(H,24,25). The lowest BCUT2D eigenvalue weighted by Gasteiger charge is -2.15. The first-order valence-corrected chi connectivity index (χ1v) is 8.24. The molecule has 0 unspecified atom stereocenters. The number of alkyl halides is 3. The van der Waals surface area contributed by atoms with Crippen LogP contribution in [-0.4, -0.2) is 18.4 Å². The summed E-state index contributed by atoms with van der Waals surface area (Å²) < 4.78 is 60.3. The lowest BCUT2D eigenvalue weighted by Crippen LogP contribution is -2.19.